The monoisotopic (exact) mass is 405 g/mol. The lowest BCUT2D eigenvalue weighted by Gasteiger charge is -2.18. The maximum atomic E-state index is 12.7. The number of halogens is 8. The number of aromatic nitrogens is 1. The van der Waals surface area contributed by atoms with Crippen molar-refractivity contribution in [1.29, 1.82) is 0 Å². The summed E-state index contributed by atoms with van der Waals surface area (Å²) in [6.45, 7) is 0. The summed E-state index contributed by atoms with van der Waals surface area (Å²) >= 11 is 6.48. The van der Waals surface area contributed by atoms with Gasteiger partial charge < -0.3 is 4.74 Å². The fourth-order valence-electron chi connectivity index (χ4n) is 1.10. The number of hydrogen-bond acceptors (Lipinski definition) is 2. The van der Waals surface area contributed by atoms with Crippen LogP contribution in [0, 0.1) is 3.57 Å². The van der Waals surface area contributed by atoms with Gasteiger partial charge in [0.2, 0.25) is 0 Å². The molecule has 0 saturated carbocycles. The Morgan fingerprint density at radius 3 is 2.17 bits per heavy atom. The van der Waals surface area contributed by atoms with Gasteiger partial charge in [0.25, 0.3) is 0 Å². The zero-order valence-corrected chi connectivity index (χ0v) is 11.1. The van der Waals surface area contributed by atoms with E-state index in [1.165, 1.54) is 22.6 Å². The molecule has 2 nitrogen and oxygen atoms in total. The molecule has 0 aliphatic heterocycles. The second-order valence-electron chi connectivity index (χ2n) is 2.94. The zero-order valence-electron chi connectivity index (χ0n) is 8.16. The van der Waals surface area contributed by atoms with Gasteiger partial charge in [0.15, 0.2) is 5.75 Å². The van der Waals surface area contributed by atoms with Gasteiger partial charge in [-0.2, -0.15) is 13.2 Å². The number of ether oxygens (including phenoxy) is 1. The van der Waals surface area contributed by atoms with Crippen molar-refractivity contribution < 1.29 is 31.1 Å². The smallest absolute Gasteiger partial charge is 0.403 e. The predicted octanol–water partition coefficient (Wildman–Crippen LogP) is 4.34. The average molecular weight is 405 g/mol. The summed E-state index contributed by atoms with van der Waals surface area (Å²) in [6.07, 6.45) is -9.47. The minimum Gasteiger partial charge on any atom is -0.403 e. The van der Waals surface area contributed by atoms with Gasteiger partial charge in [-0.25, -0.2) is 0 Å². The van der Waals surface area contributed by atoms with Crippen molar-refractivity contribution in [3.05, 3.63) is 21.0 Å². The molecule has 1 aromatic heterocycles. The van der Waals surface area contributed by atoms with E-state index < -0.39 is 39.0 Å². The molecule has 0 saturated heterocycles. The van der Waals surface area contributed by atoms with Gasteiger partial charge in [0, 0.05) is 9.77 Å². The highest BCUT2D eigenvalue weighted by atomic mass is 127. The Morgan fingerprint density at radius 2 is 1.78 bits per heavy atom. The standard InChI is InChI=1S/C8H3ClF6INO/c9-1-4-6(18-8(13,14)15)5(7(10,11)12)3(16)2-17-4/h2H,1H2. The lowest BCUT2D eigenvalue weighted by Crippen LogP contribution is -2.22. The van der Waals surface area contributed by atoms with E-state index in [0.717, 1.165) is 6.20 Å². The summed E-state index contributed by atoms with van der Waals surface area (Å²) < 4.78 is 77.2. The third-order valence-corrected chi connectivity index (χ3v) is 2.76. The van der Waals surface area contributed by atoms with E-state index in [2.05, 4.69) is 9.72 Å². The predicted molar refractivity (Wildman–Crippen MR) is 58.2 cm³/mol. The Hall–Kier alpha value is -0.450. The van der Waals surface area contributed by atoms with E-state index in [4.69, 9.17) is 11.6 Å². The third kappa shape index (κ3) is 3.77. The third-order valence-electron chi connectivity index (χ3n) is 1.69. The maximum Gasteiger partial charge on any atom is 0.573 e. The Morgan fingerprint density at radius 1 is 1.22 bits per heavy atom. The summed E-state index contributed by atoms with van der Waals surface area (Å²) in [4.78, 5) is 3.39. The summed E-state index contributed by atoms with van der Waals surface area (Å²) in [5.41, 5.74) is -2.16. The minimum absolute atomic E-state index is 0.506. The largest absolute Gasteiger partial charge is 0.573 e. The summed E-state index contributed by atoms with van der Waals surface area (Å²) in [5, 5.41) is 0. The first kappa shape index (κ1) is 15.6. The van der Waals surface area contributed by atoms with Crippen molar-refractivity contribution in [2.45, 2.75) is 18.4 Å². The average Bonchev–Trinajstić information content (AvgIpc) is 2.13. The second-order valence-corrected chi connectivity index (χ2v) is 4.37. The normalized spacial score (nSPS) is 12.7. The first-order valence-electron chi connectivity index (χ1n) is 4.12. The van der Waals surface area contributed by atoms with E-state index in [1.54, 1.807) is 0 Å². The number of hydrogen-bond donors (Lipinski definition) is 0. The van der Waals surface area contributed by atoms with Gasteiger partial charge in [-0.1, -0.05) is 0 Å². The molecule has 0 N–H and O–H groups in total. The molecule has 0 unspecified atom stereocenters. The molecule has 1 rings (SSSR count). The molecular weight excluding hydrogens is 402 g/mol. The Labute approximate surface area is 115 Å². The summed E-state index contributed by atoms with van der Waals surface area (Å²) in [6, 6.07) is 0. The Kier molecular flexibility index (Phi) is 4.57. The Balaban J connectivity index is 3.47. The summed E-state index contributed by atoms with van der Waals surface area (Å²) in [7, 11) is 0. The second kappa shape index (κ2) is 5.27. The number of alkyl halides is 7. The fraction of sp³-hybridized carbons (Fsp3) is 0.375. The van der Waals surface area contributed by atoms with Crippen LogP contribution in [0.2, 0.25) is 0 Å². The van der Waals surface area contributed by atoms with E-state index in [0.29, 0.717) is 0 Å². The molecule has 0 aliphatic rings. The van der Waals surface area contributed by atoms with Crippen LogP contribution in [0.4, 0.5) is 26.3 Å². The van der Waals surface area contributed by atoms with E-state index in [9.17, 15) is 26.3 Å². The van der Waals surface area contributed by atoms with Crippen LogP contribution >= 0.6 is 34.2 Å². The van der Waals surface area contributed by atoms with Gasteiger partial charge in [-0.3, -0.25) is 4.98 Å². The highest BCUT2D eigenvalue weighted by Gasteiger charge is 2.42. The summed E-state index contributed by atoms with van der Waals surface area (Å²) in [5.74, 6) is -2.04. The van der Waals surface area contributed by atoms with Crippen LogP contribution in [0.5, 0.6) is 5.75 Å². The highest BCUT2D eigenvalue weighted by molar-refractivity contribution is 14.1. The first-order chi connectivity index (χ1) is 8.06. The van der Waals surface area contributed by atoms with E-state index in [1.807, 2.05) is 0 Å². The SMILES string of the molecule is FC(F)(F)Oc1c(CCl)ncc(I)c1C(F)(F)F. The molecule has 1 heterocycles. The van der Waals surface area contributed by atoms with Crippen LogP contribution in [0.3, 0.4) is 0 Å². The van der Waals surface area contributed by atoms with Crippen LogP contribution in [0.1, 0.15) is 11.3 Å². The van der Waals surface area contributed by atoms with Crippen molar-refractivity contribution in [3.8, 4) is 5.75 Å². The maximum absolute atomic E-state index is 12.7. The van der Waals surface area contributed by atoms with Gasteiger partial charge in [-0.05, 0) is 22.6 Å². The molecule has 102 valence electrons. The van der Waals surface area contributed by atoms with Crippen molar-refractivity contribution >= 4 is 34.2 Å². The molecule has 0 bridgehead atoms. The molecule has 0 atom stereocenters. The Bertz CT molecular complexity index is 446. The molecule has 0 fully saturated rings. The zero-order chi connectivity index (χ0) is 14.1. The number of pyridine rings is 1. The van der Waals surface area contributed by atoms with Crippen molar-refractivity contribution in [3.63, 3.8) is 0 Å². The van der Waals surface area contributed by atoms with Gasteiger partial charge in [0.1, 0.15) is 5.56 Å². The first-order valence-corrected chi connectivity index (χ1v) is 5.74. The van der Waals surface area contributed by atoms with Crippen molar-refractivity contribution in [2.24, 2.45) is 0 Å². The van der Waals surface area contributed by atoms with Gasteiger partial charge in [0.05, 0.1) is 11.6 Å². The van der Waals surface area contributed by atoms with E-state index in [-0.39, 0.29) is 0 Å². The molecule has 10 heteroatoms. The highest BCUT2D eigenvalue weighted by Crippen LogP contribution is 2.42. The van der Waals surface area contributed by atoms with Crippen LogP contribution in [0.15, 0.2) is 6.20 Å². The molecule has 0 radical (unpaired) electrons. The lowest BCUT2D eigenvalue weighted by atomic mass is 10.2. The topological polar surface area (TPSA) is 22.1 Å². The molecule has 1 aromatic rings. The van der Waals surface area contributed by atoms with Crippen LogP contribution < -0.4 is 4.74 Å². The number of rotatable bonds is 2. The van der Waals surface area contributed by atoms with Crippen LogP contribution in [-0.4, -0.2) is 11.3 Å². The molecule has 0 amide bonds. The quantitative estimate of drug-likeness (QED) is 0.415. The van der Waals surface area contributed by atoms with Crippen LogP contribution in [-0.2, 0) is 12.1 Å². The van der Waals surface area contributed by atoms with Crippen molar-refractivity contribution in [1.82, 2.24) is 4.98 Å². The molecule has 0 aromatic carbocycles. The van der Waals surface area contributed by atoms with Gasteiger partial charge in [-0.15, -0.1) is 24.8 Å². The van der Waals surface area contributed by atoms with Crippen molar-refractivity contribution in [2.75, 3.05) is 0 Å². The molecule has 18 heavy (non-hydrogen) atoms. The fourth-order valence-corrected chi connectivity index (χ4v) is 1.98. The van der Waals surface area contributed by atoms with Crippen LogP contribution in [0.25, 0.3) is 0 Å². The molecule has 0 aliphatic carbocycles. The van der Waals surface area contributed by atoms with Gasteiger partial charge >= 0.3 is 12.5 Å². The molecular formula is C8H3ClF6INO. The minimum atomic E-state index is -5.26. The number of nitrogens with zero attached hydrogens (tertiary/aromatic N) is 1. The molecule has 0 spiro atoms. The van der Waals surface area contributed by atoms with E-state index >= 15 is 0 Å². The lowest BCUT2D eigenvalue weighted by molar-refractivity contribution is -0.276.